The van der Waals surface area contributed by atoms with Crippen molar-refractivity contribution < 1.29 is 0 Å². The molecule has 1 rings (SSSR count). The fraction of sp³-hybridized carbons (Fsp3) is 0.300. The summed E-state index contributed by atoms with van der Waals surface area (Å²) in [5, 5.41) is 1.29. The molecule has 0 heterocycles. The summed E-state index contributed by atoms with van der Waals surface area (Å²) in [4.78, 5) is 4.19. The molecule has 0 spiro atoms. The van der Waals surface area contributed by atoms with Crippen molar-refractivity contribution in [1.29, 1.82) is 0 Å². The van der Waals surface area contributed by atoms with Crippen LogP contribution in [0, 0.1) is 0 Å². The van der Waals surface area contributed by atoms with Crippen molar-refractivity contribution in [2.24, 2.45) is 4.99 Å². The molecule has 1 nitrogen and oxygen atoms in total. The average Bonchev–Trinajstić information content (AvgIpc) is 2.10. The van der Waals surface area contributed by atoms with Crippen LogP contribution in [0.15, 0.2) is 23.2 Å². The zero-order chi connectivity index (χ0) is 9.68. The van der Waals surface area contributed by atoms with Gasteiger partial charge in [-0.05, 0) is 18.6 Å². The Labute approximate surface area is 88.4 Å². The Morgan fingerprint density at radius 2 is 1.92 bits per heavy atom. The summed E-state index contributed by atoms with van der Waals surface area (Å²) in [6.45, 7) is 2.88. The second kappa shape index (κ2) is 5.25. The van der Waals surface area contributed by atoms with E-state index in [1.165, 1.54) is 0 Å². The minimum absolute atomic E-state index is 0.646. The minimum atomic E-state index is 0.646. The highest BCUT2D eigenvalue weighted by molar-refractivity contribution is 6.38. The first kappa shape index (κ1) is 10.6. The van der Waals surface area contributed by atoms with Crippen molar-refractivity contribution in [1.82, 2.24) is 0 Å². The predicted molar refractivity (Wildman–Crippen MR) is 59.2 cm³/mol. The maximum absolute atomic E-state index is 5.93. The largest absolute Gasteiger partial charge is 0.292 e. The van der Waals surface area contributed by atoms with Gasteiger partial charge in [0.05, 0.1) is 10.0 Å². The van der Waals surface area contributed by atoms with Gasteiger partial charge in [-0.1, -0.05) is 36.2 Å². The van der Waals surface area contributed by atoms with Gasteiger partial charge in [0.25, 0.3) is 0 Å². The fourth-order valence-corrected chi connectivity index (χ4v) is 1.41. The number of hydrogen-bond donors (Lipinski definition) is 0. The van der Waals surface area contributed by atoms with Gasteiger partial charge in [0.15, 0.2) is 0 Å². The van der Waals surface area contributed by atoms with Gasteiger partial charge in [-0.25, -0.2) is 0 Å². The van der Waals surface area contributed by atoms with E-state index in [9.17, 15) is 0 Å². The zero-order valence-corrected chi connectivity index (χ0v) is 8.94. The number of benzene rings is 1. The molecule has 0 saturated carbocycles. The van der Waals surface area contributed by atoms with Crippen molar-refractivity contribution in [3.05, 3.63) is 33.8 Å². The van der Waals surface area contributed by atoms with E-state index in [4.69, 9.17) is 23.2 Å². The Morgan fingerprint density at radius 1 is 1.31 bits per heavy atom. The van der Waals surface area contributed by atoms with Crippen LogP contribution in [-0.2, 0) is 0 Å². The van der Waals surface area contributed by atoms with Gasteiger partial charge in [-0.2, -0.15) is 0 Å². The van der Waals surface area contributed by atoms with Crippen LogP contribution >= 0.6 is 23.2 Å². The van der Waals surface area contributed by atoms with Crippen LogP contribution < -0.4 is 0 Å². The lowest BCUT2D eigenvalue weighted by Gasteiger charge is -1.99. The van der Waals surface area contributed by atoms with E-state index in [1.807, 2.05) is 6.07 Å². The molecule has 0 aromatic heterocycles. The van der Waals surface area contributed by atoms with Crippen LogP contribution in [0.3, 0.4) is 0 Å². The third-order valence-electron chi connectivity index (χ3n) is 1.57. The molecule has 0 aliphatic carbocycles. The van der Waals surface area contributed by atoms with E-state index in [2.05, 4.69) is 11.9 Å². The van der Waals surface area contributed by atoms with Crippen molar-refractivity contribution in [2.45, 2.75) is 13.3 Å². The van der Waals surface area contributed by atoms with E-state index in [-0.39, 0.29) is 0 Å². The molecule has 0 aliphatic heterocycles. The number of nitrogens with zero attached hydrogens (tertiary/aromatic N) is 1. The summed E-state index contributed by atoms with van der Waals surface area (Å²) in [6.07, 6.45) is 2.76. The van der Waals surface area contributed by atoms with Crippen molar-refractivity contribution in [3.8, 4) is 0 Å². The van der Waals surface area contributed by atoms with Gasteiger partial charge in [-0.3, -0.25) is 4.99 Å². The molecule has 3 heteroatoms. The van der Waals surface area contributed by atoms with Gasteiger partial charge in [-0.15, -0.1) is 0 Å². The Morgan fingerprint density at radius 3 is 2.46 bits per heavy atom. The van der Waals surface area contributed by atoms with Gasteiger partial charge >= 0.3 is 0 Å². The van der Waals surface area contributed by atoms with Crippen LogP contribution in [0.4, 0.5) is 0 Å². The van der Waals surface area contributed by atoms with Crippen LogP contribution in [0.1, 0.15) is 18.9 Å². The van der Waals surface area contributed by atoms with E-state index >= 15 is 0 Å². The minimum Gasteiger partial charge on any atom is -0.292 e. The lowest BCUT2D eigenvalue weighted by molar-refractivity contribution is 0.937. The van der Waals surface area contributed by atoms with Crippen LogP contribution in [0.2, 0.25) is 10.0 Å². The summed E-state index contributed by atoms with van der Waals surface area (Å²) < 4.78 is 0. The molecule has 0 atom stereocenters. The molecule has 0 amide bonds. The van der Waals surface area contributed by atoms with E-state index in [0.717, 1.165) is 18.5 Å². The Kier molecular flexibility index (Phi) is 4.26. The molecule has 0 saturated heterocycles. The maximum atomic E-state index is 5.93. The molecule has 0 aliphatic rings. The van der Waals surface area contributed by atoms with Crippen molar-refractivity contribution in [2.75, 3.05) is 6.54 Å². The highest BCUT2D eigenvalue weighted by atomic mass is 35.5. The summed E-state index contributed by atoms with van der Waals surface area (Å²) in [7, 11) is 0. The molecule has 0 unspecified atom stereocenters. The highest BCUT2D eigenvalue weighted by Gasteiger charge is 2.00. The molecular weight excluding hydrogens is 205 g/mol. The predicted octanol–water partition coefficient (Wildman–Crippen LogP) is 3.82. The molecule has 70 valence electrons. The van der Waals surface area contributed by atoms with Crippen LogP contribution in [0.25, 0.3) is 0 Å². The third-order valence-corrected chi connectivity index (χ3v) is 2.23. The van der Waals surface area contributed by atoms with Gasteiger partial charge in [0, 0.05) is 18.3 Å². The van der Waals surface area contributed by atoms with E-state index in [0.29, 0.717) is 10.0 Å². The summed E-state index contributed by atoms with van der Waals surface area (Å²) in [5.41, 5.74) is 0.805. The van der Waals surface area contributed by atoms with Gasteiger partial charge < -0.3 is 0 Å². The van der Waals surface area contributed by atoms with Crippen LogP contribution in [0.5, 0.6) is 0 Å². The maximum Gasteiger partial charge on any atom is 0.0508 e. The van der Waals surface area contributed by atoms with Crippen LogP contribution in [-0.4, -0.2) is 12.8 Å². The number of halogens is 2. The Bertz CT molecular complexity index is 288. The molecule has 1 aromatic rings. The number of aliphatic imine (C=N–C) groups is 1. The Balaban J connectivity index is 2.87. The van der Waals surface area contributed by atoms with E-state index < -0.39 is 0 Å². The van der Waals surface area contributed by atoms with E-state index in [1.54, 1.807) is 18.3 Å². The zero-order valence-electron chi connectivity index (χ0n) is 7.43. The smallest absolute Gasteiger partial charge is 0.0508 e. The summed E-state index contributed by atoms with van der Waals surface area (Å²) in [6, 6.07) is 5.43. The lowest BCUT2D eigenvalue weighted by atomic mass is 10.2. The number of hydrogen-bond acceptors (Lipinski definition) is 1. The average molecular weight is 216 g/mol. The number of rotatable bonds is 3. The third kappa shape index (κ3) is 3.02. The second-order valence-corrected chi connectivity index (χ2v) is 3.49. The van der Waals surface area contributed by atoms with Gasteiger partial charge in [0.2, 0.25) is 0 Å². The fourth-order valence-electron chi connectivity index (χ4n) is 0.919. The molecule has 0 N–H and O–H groups in total. The summed E-state index contributed by atoms with van der Waals surface area (Å²) >= 11 is 11.9. The first-order valence-corrected chi connectivity index (χ1v) is 4.95. The second-order valence-electron chi connectivity index (χ2n) is 2.67. The molecule has 0 fully saturated rings. The lowest BCUT2D eigenvalue weighted by Crippen LogP contribution is -1.86. The molecule has 1 aromatic carbocycles. The highest BCUT2D eigenvalue weighted by Crippen LogP contribution is 2.22. The van der Waals surface area contributed by atoms with Crippen molar-refractivity contribution in [3.63, 3.8) is 0 Å². The van der Waals surface area contributed by atoms with Crippen molar-refractivity contribution >= 4 is 29.4 Å². The molecule has 13 heavy (non-hydrogen) atoms. The topological polar surface area (TPSA) is 12.4 Å². The molecule has 0 radical (unpaired) electrons. The quantitative estimate of drug-likeness (QED) is 0.681. The monoisotopic (exact) mass is 215 g/mol. The Hall–Kier alpha value is -0.530. The standard InChI is InChI=1S/C10H11Cl2N/c1-2-6-13-7-8-9(11)4-3-5-10(8)12/h3-5,7H,2,6H2,1H3. The normalized spacial score (nSPS) is 11.0. The molecular formula is C10H11Cl2N. The van der Waals surface area contributed by atoms with Gasteiger partial charge in [0.1, 0.15) is 0 Å². The molecule has 0 bridgehead atoms. The SMILES string of the molecule is CCCN=Cc1c(Cl)cccc1Cl. The summed E-state index contributed by atoms with van der Waals surface area (Å²) in [5.74, 6) is 0. The first-order chi connectivity index (χ1) is 6.25. The first-order valence-electron chi connectivity index (χ1n) is 4.19.